The minimum absolute atomic E-state index is 0.397. The van der Waals surface area contributed by atoms with Crippen LogP contribution in [0.25, 0.3) is 11.0 Å². The van der Waals surface area contributed by atoms with Crippen LogP contribution in [0.3, 0.4) is 0 Å². The minimum atomic E-state index is 0.397. The molecule has 1 aliphatic carbocycles. The van der Waals surface area contributed by atoms with Crippen molar-refractivity contribution in [2.24, 2.45) is 5.41 Å². The highest BCUT2D eigenvalue weighted by Crippen LogP contribution is 2.53. The summed E-state index contributed by atoms with van der Waals surface area (Å²) in [7, 11) is 0. The molecule has 2 saturated heterocycles. The van der Waals surface area contributed by atoms with Crippen molar-refractivity contribution in [2.45, 2.75) is 76.9 Å². The highest BCUT2D eigenvalue weighted by molar-refractivity contribution is 5.81. The Labute approximate surface area is 313 Å². The SMILES string of the molecule is CC(C)c1ccccc1C1CN(Cc2ccc3c(c2)CCCO3)CCN1C1CC2(CCN(c3ccc(C=O)c(Oc4cnc5[nH]ccc5c4)c3)CC2)C1. The third-order valence-corrected chi connectivity index (χ3v) is 12.6. The summed E-state index contributed by atoms with van der Waals surface area (Å²) in [6.07, 6.45) is 11.6. The van der Waals surface area contributed by atoms with Crippen LogP contribution in [0.15, 0.2) is 85.2 Å². The maximum atomic E-state index is 12.0. The fourth-order valence-corrected chi connectivity index (χ4v) is 9.65. The second kappa shape index (κ2) is 14.3. The quantitative estimate of drug-likeness (QED) is 0.153. The number of aromatic amines is 1. The van der Waals surface area contributed by atoms with Crippen molar-refractivity contribution in [2.75, 3.05) is 44.2 Å². The van der Waals surface area contributed by atoms with Gasteiger partial charge in [0.1, 0.15) is 22.9 Å². The lowest BCUT2D eigenvalue weighted by Gasteiger charge is -2.58. The van der Waals surface area contributed by atoms with Crippen LogP contribution in [0.2, 0.25) is 0 Å². The number of pyridine rings is 1. The smallest absolute Gasteiger partial charge is 0.153 e. The van der Waals surface area contributed by atoms with Gasteiger partial charge in [-0.1, -0.05) is 50.2 Å². The van der Waals surface area contributed by atoms with Gasteiger partial charge in [0.05, 0.1) is 18.4 Å². The van der Waals surface area contributed by atoms with Crippen LogP contribution in [0.1, 0.15) is 90.5 Å². The molecule has 0 radical (unpaired) electrons. The van der Waals surface area contributed by atoms with Crippen LogP contribution in [0.4, 0.5) is 5.69 Å². The number of nitrogens with zero attached hydrogens (tertiary/aromatic N) is 4. The zero-order valence-electron chi connectivity index (χ0n) is 31.1. The second-order valence-electron chi connectivity index (χ2n) is 16.2. The number of piperidine rings is 1. The zero-order chi connectivity index (χ0) is 35.9. The van der Waals surface area contributed by atoms with Crippen LogP contribution < -0.4 is 14.4 Å². The van der Waals surface area contributed by atoms with Crippen molar-refractivity contribution in [1.82, 2.24) is 19.8 Å². The Balaban J connectivity index is 0.873. The molecule has 1 N–H and O–H groups in total. The monoisotopic (exact) mass is 709 g/mol. The van der Waals surface area contributed by atoms with E-state index in [9.17, 15) is 4.79 Å². The standard InChI is InChI=1S/C45H51N5O3/c1-31(2)39-7-3-4-8-40(39)41-29-48(28-32-9-12-42-33(22-32)6-5-21-52-42)19-20-50(41)37-25-45(26-37)14-17-49(18-15-45)36-11-10-35(30-51)43(24-36)53-38-23-34-13-16-46-44(34)47-27-38/h3-4,7-13,16,22-24,27,30-31,37,41H,5-6,14-15,17-21,25-26,28-29H2,1-2H3,(H,46,47). The minimum Gasteiger partial charge on any atom is -0.493 e. The van der Waals surface area contributed by atoms with Gasteiger partial charge in [0.15, 0.2) is 6.29 Å². The number of aromatic nitrogens is 2. The predicted molar refractivity (Wildman–Crippen MR) is 210 cm³/mol. The Morgan fingerprint density at radius 2 is 1.87 bits per heavy atom. The van der Waals surface area contributed by atoms with E-state index in [0.29, 0.717) is 40.5 Å². The molecule has 8 nitrogen and oxygen atoms in total. The summed E-state index contributed by atoms with van der Waals surface area (Å²) in [6.45, 7) is 11.8. The first-order chi connectivity index (χ1) is 25.9. The Hall–Kier alpha value is -4.66. The number of H-pyrrole nitrogens is 1. The van der Waals surface area contributed by atoms with Crippen LogP contribution in [0, 0.1) is 5.41 Å². The first kappa shape index (κ1) is 34.1. The summed E-state index contributed by atoms with van der Waals surface area (Å²) in [4.78, 5) is 27.6. The van der Waals surface area contributed by atoms with Crippen molar-refractivity contribution in [3.63, 3.8) is 0 Å². The van der Waals surface area contributed by atoms with Gasteiger partial charge < -0.3 is 19.4 Å². The van der Waals surface area contributed by atoms with Gasteiger partial charge in [0.25, 0.3) is 0 Å². The van der Waals surface area contributed by atoms with E-state index in [-0.39, 0.29) is 0 Å². The molecule has 3 aliphatic heterocycles. The molecule has 1 spiro atoms. The summed E-state index contributed by atoms with van der Waals surface area (Å²) in [6, 6.07) is 27.0. The van der Waals surface area contributed by atoms with Crippen molar-refractivity contribution in [1.29, 1.82) is 0 Å². The molecule has 3 fully saturated rings. The summed E-state index contributed by atoms with van der Waals surface area (Å²) in [5.41, 5.74) is 8.66. The van der Waals surface area contributed by atoms with E-state index in [4.69, 9.17) is 9.47 Å². The zero-order valence-corrected chi connectivity index (χ0v) is 31.1. The number of aldehydes is 1. The van der Waals surface area contributed by atoms with Gasteiger partial charge in [-0.05, 0) is 102 Å². The number of carbonyl (C=O) groups excluding carboxylic acids is 1. The number of anilines is 1. The van der Waals surface area contributed by atoms with E-state index in [1.165, 1.54) is 47.9 Å². The second-order valence-corrected chi connectivity index (χ2v) is 16.2. The van der Waals surface area contributed by atoms with Crippen LogP contribution in [0.5, 0.6) is 17.2 Å². The number of carbonyl (C=O) groups is 1. The Kier molecular flexibility index (Phi) is 9.20. The fraction of sp³-hybridized carbons (Fsp3) is 0.422. The molecule has 3 aromatic carbocycles. The third kappa shape index (κ3) is 6.83. The average Bonchev–Trinajstić information content (AvgIpc) is 3.65. The molecule has 0 amide bonds. The maximum absolute atomic E-state index is 12.0. The number of ether oxygens (including phenoxy) is 2. The number of benzene rings is 3. The summed E-state index contributed by atoms with van der Waals surface area (Å²) >= 11 is 0. The van der Waals surface area contributed by atoms with Gasteiger partial charge in [0.2, 0.25) is 0 Å². The summed E-state index contributed by atoms with van der Waals surface area (Å²) in [5.74, 6) is 2.77. The fourth-order valence-electron chi connectivity index (χ4n) is 9.65. The molecule has 53 heavy (non-hydrogen) atoms. The Morgan fingerprint density at radius 1 is 1.00 bits per heavy atom. The van der Waals surface area contributed by atoms with Gasteiger partial charge in [-0.15, -0.1) is 0 Å². The molecule has 5 aromatic rings. The topological polar surface area (TPSA) is 73.9 Å². The molecule has 9 rings (SSSR count). The number of piperazine rings is 1. The lowest BCUT2D eigenvalue weighted by atomic mass is 9.59. The molecule has 274 valence electrons. The van der Waals surface area contributed by atoms with Gasteiger partial charge in [-0.3, -0.25) is 14.6 Å². The van der Waals surface area contributed by atoms with Crippen LogP contribution in [-0.2, 0) is 13.0 Å². The first-order valence-electron chi connectivity index (χ1n) is 19.7. The molecule has 8 heteroatoms. The van der Waals surface area contributed by atoms with E-state index in [2.05, 4.69) is 87.0 Å². The number of hydrogen-bond donors (Lipinski definition) is 1. The molecule has 2 aromatic heterocycles. The first-order valence-corrected chi connectivity index (χ1v) is 19.7. The highest BCUT2D eigenvalue weighted by Gasteiger charge is 2.50. The Bertz CT molecular complexity index is 2090. The van der Waals surface area contributed by atoms with E-state index in [1.54, 1.807) is 6.20 Å². The highest BCUT2D eigenvalue weighted by atomic mass is 16.5. The molecule has 1 saturated carbocycles. The number of fused-ring (bicyclic) bond motifs is 2. The van der Waals surface area contributed by atoms with Crippen LogP contribution >= 0.6 is 0 Å². The molecule has 0 bridgehead atoms. The maximum Gasteiger partial charge on any atom is 0.153 e. The Morgan fingerprint density at radius 3 is 2.72 bits per heavy atom. The van der Waals surface area contributed by atoms with Gasteiger partial charge in [-0.2, -0.15) is 0 Å². The average molecular weight is 710 g/mol. The molecule has 1 unspecified atom stereocenters. The van der Waals surface area contributed by atoms with E-state index < -0.39 is 0 Å². The number of hydrogen-bond acceptors (Lipinski definition) is 7. The van der Waals surface area contributed by atoms with E-state index in [1.807, 2.05) is 30.5 Å². The van der Waals surface area contributed by atoms with Gasteiger partial charge in [-0.25, -0.2) is 4.98 Å². The number of rotatable bonds is 9. The number of nitrogens with one attached hydrogen (secondary N) is 1. The van der Waals surface area contributed by atoms with Crippen molar-refractivity contribution < 1.29 is 14.3 Å². The van der Waals surface area contributed by atoms with Gasteiger partial charge >= 0.3 is 0 Å². The third-order valence-electron chi connectivity index (χ3n) is 12.6. The number of aryl methyl sites for hydroxylation is 1. The van der Waals surface area contributed by atoms with Crippen molar-refractivity contribution in [3.05, 3.63) is 113 Å². The predicted octanol–water partition coefficient (Wildman–Crippen LogP) is 8.92. The molecular formula is C45H51N5O3. The lowest BCUT2D eigenvalue weighted by molar-refractivity contribution is -0.0628. The van der Waals surface area contributed by atoms with E-state index in [0.717, 1.165) is 87.5 Å². The van der Waals surface area contributed by atoms with Crippen molar-refractivity contribution >= 4 is 23.0 Å². The largest absolute Gasteiger partial charge is 0.493 e. The van der Waals surface area contributed by atoms with Gasteiger partial charge in [0, 0.05) is 74.7 Å². The molecule has 5 heterocycles. The normalized spacial score (nSPS) is 20.7. The molecular weight excluding hydrogens is 659 g/mol. The molecule has 4 aliphatic rings. The summed E-state index contributed by atoms with van der Waals surface area (Å²) in [5, 5.41) is 0.977. The van der Waals surface area contributed by atoms with Crippen LogP contribution in [-0.4, -0.2) is 71.4 Å². The lowest BCUT2D eigenvalue weighted by Crippen LogP contribution is -2.60. The molecule has 1 atom stereocenters. The van der Waals surface area contributed by atoms with Crippen molar-refractivity contribution in [3.8, 4) is 17.2 Å². The van der Waals surface area contributed by atoms with E-state index >= 15 is 0 Å². The summed E-state index contributed by atoms with van der Waals surface area (Å²) < 4.78 is 12.2.